The highest BCUT2D eigenvalue weighted by Gasteiger charge is 2.04. The van der Waals surface area contributed by atoms with Crippen molar-refractivity contribution in [3.05, 3.63) is 24.0 Å². The summed E-state index contributed by atoms with van der Waals surface area (Å²) in [4.78, 5) is 14.3. The molecule has 6 heteroatoms. The Morgan fingerprint density at radius 2 is 2.36 bits per heavy atom. The third-order valence-electron chi connectivity index (χ3n) is 1.47. The third kappa shape index (κ3) is 2.96. The Morgan fingerprint density at radius 1 is 1.64 bits per heavy atom. The number of aromatic nitrogens is 1. The van der Waals surface area contributed by atoms with E-state index >= 15 is 0 Å². The maximum Gasteiger partial charge on any atom is 0.267 e. The van der Waals surface area contributed by atoms with E-state index < -0.39 is 18.9 Å². The zero-order valence-corrected chi connectivity index (χ0v) is 7.21. The van der Waals surface area contributed by atoms with E-state index in [0.717, 1.165) is 0 Å². The monoisotopic (exact) mass is 201 g/mol. The summed E-state index contributed by atoms with van der Waals surface area (Å²) in [5, 5.41) is 2.44. The molecule has 0 aliphatic rings. The molecule has 0 fully saturated rings. The van der Waals surface area contributed by atoms with Crippen LogP contribution >= 0.6 is 0 Å². The van der Waals surface area contributed by atoms with Crippen LogP contribution in [0.2, 0.25) is 0 Å². The number of halogens is 2. The first-order valence-electron chi connectivity index (χ1n) is 3.87. The van der Waals surface area contributed by atoms with Crippen LogP contribution in [0.3, 0.4) is 0 Å². The minimum Gasteiger partial charge on any atom is -0.379 e. The fourth-order valence-electron chi connectivity index (χ4n) is 0.870. The molecule has 0 radical (unpaired) electrons. The second-order valence-electron chi connectivity index (χ2n) is 2.57. The van der Waals surface area contributed by atoms with Crippen LogP contribution in [0.15, 0.2) is 18.3 Å². The van der Waals surface area contributed by atoms with Crippen molar-refractivity contribution >= 4 is 11.6 Å². The van der Waals surface area contributed by atoms with E-state index in [0.29, 0.717) is 5.69 Å². The van der Waals surface area contributed by atoms with Crippen molar-refractivity contribution in [2.45, 2.75) is 6.43 Å². The topological polar surface area (TPSA) is 68.0 Å². The Morgan fingerprint density at radius 3 is 2.93 bits per heavy atom. The summed E-state index contributed by atoms with van der Waals surface area (Å²) in [7, 11) is 0. The summed E-state index contributed by atoms with van der Waals surface area (Å²) >= 11 is 0. The number of nitrogens with one attached hydrogen (secondary N) is 1. The Balaban J connectivity index is 2.69. The highest BCUT2D eigenvalue weighted by molar-refractivity contribution is 5.91. The fraction of sp³-hybridized carbons (Fsp3) is 0.250. The van der Waals surface area contributed by atoms with E-state index in [4.69, 9.17) is 5.73 Å². The normalized spacial score (nSPS) is 10.2. The van der Waals surface area contributed by atoms with Crippen LogP contribution < -0.4 is 11.1 Å². The molecule has 1 amide bonds. The smallest absolute Gasteiger partial charge is 0.267 e. The summed E-state index contributed by atoms with van der Waals surface area (Å²) in [6.45, 7) is -0.470. The number of pyridine rings is 1. The lowest BCUT2D eigenvalue weighted by atomic mass is 10.3. The molecular weight excluding hydrogens is 192 g/mol. The van der Waals surface area contributed by atoms with Crippen molar-refractivity contribution < 1.29 is 13.6 Å². The molecule has 3 N–H and O–H groups in total. The van der Waals surface area contributed by atoms with Gasteiger partial charge >= 0.3 is 0 Å². The lowest BCUT2D eigenvalue weighted by Crippen LogP contribution is -2.14. The molecule has 1 aromatic rings. The van der Waals surface area contributed by atoms with Crippen LogP contribution in [0.5, 0.6) is 0 Å². The number of primary amides is 1. The SMILES string of the molecule is NC(=O)c1cc(NCC(F)F)ccn1. The van der Waals surface area contributed by atoms with Gasteiger partial charge in [0.1, 0.15) is 5.69 Å². The van der Waals surface area contributed by atoms with Gasteiger partial charge in [0.25, 0.3) is 12.3 Å². The molecule has 0 unspecified atom stereocenters. The molecule has 0 saturated heterocycles. The standard InChI is InChI=1S/C8H9F2N3O/c9-7(10)4-13-5-1-2-12-6(3-5)8(11)14/h1-3,7H,4H2,(H2,11,14)(H,12,13). The minimum absolute atomic E-state index is 0.0456. The molecule has 4 nitrogen and oxygen atoms in total. The number of nitrogens with two attached hydrogens (primary N) is 1. The van der Waals surface area contributed by atoms with Crippen molar-refractivity contribution in [3.63, 3.8) is 0 Å². The van der Waals surface area contributed by atoms with E-state index in [2.05, 4.69) is 10.3 Å². The summed E-state index contributed by atoms with van der Waals surface area (Å²) in [6.07, 6.45) is -1.12. The Hall–Kier alpha value is -1.72. The van der Waals surface area contributed by atoms with Gasteiger partial charge in [0.2, 0.25) is 0 Å². The van der Waals surface area contributed by atoms with Gasteiger partial charge < -0.3 is 11.1 Å². The fourth-order valence-corrected chi connectivity index (χ4v) is 0.870. The van der Waals surface area contributed by atoms with Gasteiger partial charge in [-0.15, -0.1) is 0 Å². The van der Waals surface area contributed by atoms with Crippen LogP contribution in [0.1, 0.15) is 10.5 Å². The number of carbonyl (C=O) groups excluding carboxylic acids is 1. The maximum absolute atomic E-state index is 11.8. The lowest BCUT2D eigenvalue weighted by Gasteiger charge is -2.05. The molecule has 0 aliphatic carbocycles. The number of anilines is 1. The number of carbonyl (C=O) groups is 1. The summed E-state index contributed by atoms with van der Waals surface area (Å²) in [5.41, 5.74) is 5.40. The van der Waals surface area contributed by atoms with Gasteiger partial charge in [-0.05, 0) is 12.1 Å². The summed E-state index contributed by atoms with van der Waals surface area (Å²) < 4.78 is 23.6. The maximum atomic E-state index is 11.8. The molecule has 0 atom stereocenters. The van der Waals surface area contributed by atoms with E-state index in [1.165, 1.54) is 18.3 Å². The van der Waals surface area contributed by atoms with Crippen LogP contribution in [0, 0.1) is 0 Å². The number of alkyl halides is 2. The van der Waals surface area contributed by atoms with Crippen molar-refractivity contribution in [1.82, 2.24) is 4.98 Å². The van der Waals surface area contributed by atoms with E-state index in [1.54, 1.807) is 0 Å². The van der Waals surface area contributed by atoms with Crippen molar-refractivity contribution in [2.24, 2.45) is 5.73 Å². The Bertz CT molecular complexity index is 330. The van der Waals surface area contributed by atoms with Crippen LogP contribution in [0.25, 0.3) is 0 Å². The zero-order valence-electron chi connectivity index (χ0n) is 7.21. The average molecular weight is 201 g/mol. The van der Waals surface area contributed by atoms with Gasteiger partial charge in [0.05, 0.1) is 6.54 Å². The Kier molecular flexibility index (Phi) is 3.33. The minimum atomic E-state index is -2.44. The van der Waals surface area contributed by atoms with Gasteiger partial charge in [0.15, 0.2) is 0 Å². The van der Waals surface area contributed by atoms with Gasteiger partial charge in [-0.2, -0.15) is 0 Å². The number of amides is 1. The van der Waals surface area contributed by atoms with Crippen molar-refractivity contribution in [3.8, 4) is 0 Å². The first-order chi connectivity index (χ1) is 6.59. The van der Waals surface area contributed by atoms with Gasteiger partial charge in [-0.25, -0.2) is 8.78 Å². The molecule has 0 bridgehead atoms. The van der Waals surface area contributed by atoms with Gasteiger partial charge in [-0.3, -0.25) is 9.78 Å². The zero-order chi connectivity index (χ0) is 10.6. The molecule has 1 aromatic heterocycles. The highest BCUT2D eigenvalue weighted by Crippen LogP contribution is 2.08. The van der Waals surface area contributed by atoms with Crippen LogP contribution in [-0.2, 0) is 0 Å². The van der Waals surface area contributed by atoms with Crippen LogP contribution in [0.4, 0.5) is 14.5 Å². The first-order valence-corrected chi connectivity index (χ1v) is 3.87. The lowest BCUT2D eigenvalue weighted by molar-refractivity contribution is 0.0995. The van der Waals surface area contributed by atoms with E-state index in [-0.39, 0.29) is 5.69 Å². The highest BCUT2D eigenvalue weighted by atomic mass is 19.3. The second-order valence-corrected chi connectivity index (χ2v) is 2.57. The molecule has 1 heterocycles. The molecule has 14 heavy (non-hydrogen) atoms. The van der Waals surface area contributed by atoms with E-state index in [1.807, 2.05) is 0 Å². The molecule has 1 rings (SSSR count). The number of nitrogens with zero attached hydrogens (tertiary/aromatic N) is 1. The van der Waals surface area contributed by atoms with E-state index in [9.17, 15) is 13.6 Å². The van der Waals surface area contributed by atoms with Gasteiger partial charge in [-0.1, -0.05) is 0 Å². The molecule has 0 saturated carbocycles. The predicted octanol–water partition coefficient (Wildman–Crippen LogP) is 0.857. The van der Waals surface area contributed by atoms with Crippen molar-refractivity contribution in [1.29, 1.82) is 0 Å². The molecule has 76 valence electrons. The quantitative estimate of drug-likeness (QED) is 0.759. The number of rotatable bonds is 4. The molecule has 0 spiro atoms. The largest absolute Gasteiger partial charge is 0.379 e. The molecule has 0 aliphatic heterocycles. The first kappa shape index (κ1) is 10.4. The van der Waals surface area contributed by atoms with Crippen molar-refractivity contribution in [2.75, 3.05) is 11.9 Å². The Labute approximate surface area is 79.1 Å². The van der Waals surface area contributed by atoms with Crippen LogP contribution in [-0.4, -0.2) is 23.9 Å². The molecule has 0 aromatic carbocycles. The third-order valence-corrected chi connectivity index (χ3v) is 1.47. The second kappa shape index (κ2) is 4.50. The summed E-state index contributed by atoms with van der Waals surface area (Å²) in [6, 6.07) is 2.81. The number of hydrogen-bond acceptors (Lipinski definition) is 3. The predicted molar refractivity (Wildman–Crippen MR) is 47.2 cm³/mol. The molecular formula is C8H9F2N3O. The number of hydrogen-bond donors (Lipinski definition) is 2. The van der Waals surface area contributed by atoms with Gasteiger partial charge in [0, 0.05) is 11.9 Å². The summed E-state index contributed by atoms with van der Waals surface area (Å²) in [5.74, 6) is -0.689. The average Bonchev–Trinajstić information content (AvgIpc) is 2.15.